The fourth-order valence-corrected chi connectivity index (χ4v) is 5.12. The molecule has 0 spiro atoms. The molecule has 0 aromatic carbocycles. The topological polar surface area (TPSA) is 56.7 Å². The highest BCUT2D eigenvalue weighted by Crippen LogP contribution is 2.58. The Balaban J connectivity index is 1.69. The van der Waals surface area contributed by atoms with Gasteiger partial charge in [-0.3, -0.25) is 0 Å². The lowest BCUT2D eigenvalue weighted by atomic mass is 9.54. The summed E-state index contributed by atoms with van der Waals surface area (Å²) in [5.74, 6) is 5.61. The zero-order chi connectivity index (χ0) is 12.3. The van der Waals surface area contributed by atoms with E-state index in [0.29, 0.717) is 12.6 Å². The van der Waals surface area contributed by atoms with Gasteiger partial charge in [0.15, 0.2) is 5.82 Å². The number of aryl methyl sites for hydroxylation is 1. The summed E-state index contributed by atoms with van der Waals surface area (Å²) in [4.78, 5) is 4.49. The molecule has 0 atom stereocenters. The van der Waals surface area contributed by atoms with Crippen LogP contribution in [-0.4, -0.2) is 14.8 Å². The summed E-state index contributed by atoms with van der Waals surface area (Å²) in [5, 5.41) is 4.65. The van der Waals surface area contributed by atoms with Crippen LogP contribution in [0.2, 0.25) is 0 Å². The first-order chi connectivity index (χ1) is 8.74. The third-order valence-corrected chi connectivity index (χ3v) is 5.49. The molecule has 4 aliphatic carbocycles. The summed E-state index contributed by atoms with van der Waals surface area (Å²) in [6, 6.07) is 0.616. The normalized spacial score (nSPS) is 41.6. The van der Waals surface area contributed by atoms with Gasteiger partial charge in [0.1, 0.15) is 5.82 Å². The van der Waals surface area contributed by atoms with Crippen LogP contribution in [0.25, 0.3) is 0 Å². The maximum Gasteiger partial charge on any atom is 0.164 e. The number of hydrogen-bond acceptors (Lipinski definition) is 3. The van der Waals surface area contributed by atoms with E-state index in [9.17, 15) is 0 Å². The van der Waals surface area contributed by atoms with E-state index in [4.69, 9.17) is 5.73 Å². The Kier molecular flexibility index (Phi) is 2.31. The van der Waals surface area contributed by atoms with Crippen LogP contribution in [0.4, 0.5) is 0 Å². The molecule has 0 amide bonds. The van der Waals surface area contributed by atoms with Gasteiger partial charge in [0.25, 0.3) is 0 Å². The first-order valence-corrected chi connectivity index (χ1v) is 7.36. The van der Waals surface area contributed by atoms with Gasteiger partial charge in [-0.05, 0) is 62.7 Å². The van der Waals surface area contributed by atoms with Gasteiger partial charge in [0.05, 0.1) is 12.6 Å². The van der Waals surface area contributed by atoms with Crippen molar-refractivity contribution in [2.45, 2.75) is 51.6 Å². The van der Waals surface area contributed by atoms with Crippen molar-refractivity contribution >= 4 is 0 Å². The minimum atomic E-state index is 0.459. The molecule has 0 aliphatic heterocycles. The molecule has 4 aliphatic rings. The van der Waals surface area contributed by atoms with Crippen molar-refractivity contribution in [1.82, 2.24) is 14.8 Å². The van der Waals surface area contributed by atoms with Crippen LogP contribution in [0.1, 0.15) is 49.8 Å². The van der Waals surface area contributed by atoms with Crippen LogP contribution in [-0.2, 0) is 6.54 Å². The van der Waals surface area contributed by atoms with Crippen molar-refractivity contribution in [2.75, 3.05) is 0 Å². The minimum Gasteiger partial charge on any atom is -0.324 e. The third-order valence-electron chi connectivity index (χ3n) is 5.49. The van der Waals surface area contributed by atoms with Gasteiger partial charge in [0, 0.05) is 0 Å². The minimum absolute atomic E-state index is 0.459. The first-order valence-electron chi connectivity index (χ1n) is 7.36. The number of hydrogen-bond donors (Lipinski definition) is 1. The molecular weight excluding hydrogens is 224 g/mol. The Bertz CT molecular complexity index is 436. The summed E-state index contributed by atoms with van der Waals surface area (Å²) in [6.07, 6.45) is 7.21. The first kappa shape index (κ1) is 11.0. The van der Waals surface area contributed by atoms with Gasteiger partial charge in [-0.1, -0.05) is 0 Å². The van der Waals surface area contributed by atoms with Crippen molar-refractivity contribution in [3.63, 3.8) is 0 Å². The van der Waals surface area contributed by atoms with Gasteiger partial charge >= 0.3 is 0 Å². The maximum absolute atomic E-state index is 5.67. The van der Waals surface area contributed by atoms with Gasteiger partial charge in [0.2, 0.25) is 0 Å². The largest absolute Gasteiger partial charge is 0.324 e. The summed E-state index contributed by atoms with van der Waals surface area (Å²) in [6.45, 7) is 2.54. The van der Waals surface area contributed by atoms with Crippen molar-refractivity contribution in [3.05, 3.63) is 11.6 Å². The summed E-state index contributed by atoms with van der Waals surface area (Å²) in [5.41, 5.74) is 5.67. The lowest BCUT2D eigenvalue weighted by Crippen LogP contribution is -2.46. The van der Waals surface area contributed by atoms with Gasteiger partial charge in [-0.15, -0.1) is 0 Å². The molecular formula is C14H22N4. The van der Waals surface area contributed by atoms with Crippen molar-refractivity contribution in [3.8, 4) is 0 Å². The fourth-order valence-electron chi connectivity index (χ4n) is 5.12. The number of aromatic nitrogens is 3. The maximum atomic E-state index is 5.67. The number of nitrogens with two attached hydrogens (primary N) is 1. The Morgan fingerprint density at radius 1 is 1.11 bits per heavy atom. The average molecular weight is 246 g/mol. The van der Waals surface area contributed by atoms with Crippen molar-refractivity contribution in [1.29, 1.82) is 0 Å². The molecule has 2 N–H and O–H groups in total. The van der Waals surface area contributed by atoms with E-state index in [1.165, 1.54) is 32.1 Å². The number of nitrogens with zero attached hydrogens (tertiary/aromatic N) is 3. The lowest BCUT2D eigenvalue weighted by Gasteiger charge is -2.54. The quantitative estimate of drug-likeness (QED) is 0.868. The second-order valence-electron chi connectivity index (χ2n) is 6.65. The monoisotopic (exact) mass is 246 g/mol. The molecule has 0 unspecified atom stereocenters. The van der Waals surface area contributed by atoms with Crippen LogP contribution in [0.15, 0.2) is 0 Å². The molecule has 1 heterocycles. The lowest BCUT2D eigenvalue weighted by molar-refractivity contribution is -0.0346. The molecule has 1 aromatic rings. The Labute approximate surface area is 108 Å². The number of rotatable bonds is 2. The fraction of sp³-hybridized carbons (Fsp3) is 0.857. The predicted molar refractivity (Wildman–Crippen MR) is 68.7 cm³/mol. The van der Waals surface area contributed by atoms with E-state index in [-0.39, 0.29) is 0 Å². The standard InChI is InChI=1S/C14H22N4/c1-8-16-13(7-15)17-18(8)14-11-3-9-2-10(5-11)6-12(14)4-9/h9-12,14H,2-7,15H2,1H3. The average Bonchev–Trinajstić information content (AvgIpc) is 2.69. The second-order valence-corrected chi connectivity index (χ2v) is 6.65. The molecule has 4 saturated carbocycles. The summed E-state index contributed by atoms with van der Waals surface area (Å²) >= 11 is 0. The zero-order valence-electron chi connectivity index (χ0n) is 11.0. The third kappa shape index (κ3) is 1.48. The molecule has 4 heteroatoms. The Morgan fingerprint density at radius 2 is 1.72 bits per heavy atom. The smallest absolute Gasteiger partial charge is 0.164 e. The molecule has 5 rings (SSSR count). The van der Waals surface area contributed by atoms with Crippen molar-refractivity contribution < 1.29 is 0 Å². The highest BCUT2D eigenvalue weighted by Gasteiger charge is 2.49. The van der Waals surface area contributed by atoms with E-state index in [1.807, 2.05) is 0 Å². The van der Waals surface area contributed by atoms with E-state index in [0.717, 1.165) is 35.3 Å². The summed E-state index contributed by atoms with van der Waals surface area (Å²) < 4.78 is 2.22. The van der Waals surface area contributed by atoms with Crippen LogP contribution in [0.3, 0.4) is 0 Å². The molecule has 4 fully saturated rings. The Hall–Kier alpha value is -0.900. The van der Waals surface area contributed by atoms with Crippen LogP contribution in [0.5, 0.6) is 0 Å². The predicted octanol–water partition coefficient (Wildman–Crippen LogP) is 2.04. The summed E-state index contributed by atoms with van der Waals surface area (Å²) in [7, 11) is 0. The SMILES string of the molecule is Cc1nc(CN)nn1C1C2CC3CC(C2)CC1C3. The molecule has 1 aromatic heterocycles. The van der Waals surface area contributed by atoms with Gasteiger partial charge in [-0.25, -0.2) is 9.67 Å². The van der Waals surface area contributed by atoms with Crippen LogP contribution >= 0.6 is 0 Å². The Morgan fingerprint density at radius 3 is 2.22 bits per heavy atom. The highest BCUT2D eigenvalue weighted by molar-refractivity contribution is 5.03. The zero-order valence-corrected chi connectivity index (χ0v) is 11.0. The molecule has 4 nitrogen and oxygen atoms in total. The highest BCUT2D eigenvalue weighted by atomic mass is 15.4. The van der Waals surface area contributed by atoms with Crippen LogP contribution in [0, 0.1) is 30.6 Å². The van der Waals surface area contributed by atoms with Gasteiger partial charge < -0.3 is 5.73 Å². The van der Waals surface area contributed by atoms with Crippen molar-refractivity contribution in [2.24, 2.45) is 29.4 Å². The van der Waals surface area contributed by atoms with E-state index >= 15 is 0 Å². The van der Waals surface area contributed by atoms with Gasteiger partial charge in [-0.2, -0.15) is 5.10 Å². The molecule has 4 bridgehead atoms. The van der Waals surface area contributed by atoms with Crippen LogP contribution < -0.4 is 5.73 Å². The van der Waals surface area contributed by atoms with E-state index in [1.54, 1.807) is 0 Å². The van der Waals surface area contributed by atoms with E-state index < -0.39 is 0 Å². The second kappa shape index (κ2) is 3.80. The molecule has 0 radical (unpaired) electrons. The molecule has 0 saturated heterocycles. The molecule has 98 valence electrons. The molecule has 18 heavy (non-hydrogen) atoms. The van der Waals surface area contributed by atoms with E-state index in [2.05, 4.69) is 21.7 Å².